The lowest BCUT2D eigenvalue weighted by atomic mass is 10.1. The largest absolute Gasteiger partial charge is 0.384 e. The molecule has 0 bridgehead atoms. The first-order chi connectivity index (χ1) is 15.7. The second-order valence-electron chi connectivity index (χ2n) is 8.09. The van der Waals surface area contributed by atoms with Crippen molar-refractivity contribution in [1.82, 2.24) is 29.4 Å². The third kappa shape index (κ3) is 3.43. The number of aryl methyl sites for hydroxylation is 1. The fourth-order valence-corrected chi connectivity index (χ4v) is 4.48. The molecule has 1 aromatic carbocycles. The van der Waals surface area contributed by atoms with E-state index in [1.807, 2.05) is 41.0 Å². The minimum Gasteiger partial charge on any atom is -0.384 e. The van der Waals surface area contributed by atoms with Gasteiger partial charge in [-0.05, 0) is 51.0 Å². The van der Waals surface area contributed by atoms with E-state index in [4.69, 9.17) is 5.73 Å². The lowest BCUT2D eigenvalue weighted by molar-refractivity contribution is 0.223. The molecule has 4 heterocycles. The van der Waals surface area contributed by atoms with Gasteiger partial charge >= 0.3 is 0 Å². The summed E-state index contributed by atoms with van der Waals surface area (Å²) in [5.74, 6) is 1.06. The number of likely N-dealkylation sites (tertiary alicyclic amines) is 1. The Morgan fingerprint density at radius 2 is 1.72 bits per heavy atom. The number of nitriles is 2. The molecule has 4 aromatic rings. The van der Waals surface area contributed by atoms with E-state index < -0.39 is 0 Å². The first-order valence-corrected chi connectivity index (χ1v) is 10.9. The summed E-state index contributed by atoms with van der Waals surface area (Å²) in [5, 5.41) is 18.9. The van der Waals surface area contributed by atoms with E-state index in [2.05, 4.69) is 24.8 Å². The van der Waals surface area contributed by atoms with Crippen LogP contribution in [-0.2, 0) is 6.54 Å². The molecule has 9 heteroatoms. The molecule has 9 nitrogen and oxygen atoms in total. The van der Waals surface area contributed by atoms with Gasteiger partial charge in [-0.2, -0.15) is 10.5 Å². The van der Waals surface area contributed by atoms with Crippen LogP contribution in [0.15, 0.2) is 24.3 Å². The van der Waals surface area contributed by atoms with Gasteiger partial charge in [0.1, 0.15) is 29.3 Å². The summed E-state index contributed by atoms with van der Waals surface area (Å²) in [5.41, 5.74) is 9.91. The molecule has 0 aliphatic carbocycles. The number of anilines is 1. The Kier molecular flexibility index (Phi) is 5.18. The molecule has 5 rings (SSSR count). The zero-order chi connectivity index (χ0) is 22.1. The Labute approximate surface area is 185 Å². The van der Waals surface area contributed by atoms with Crippen LogP contribution in [0, 0.1) is 22.7 Å². The maximum absolute atomic E-state index is 9.48. The summed E-state index contributed by atoms with van der Waals surface area (Å²) in [7, 11) is 0. The van der Waals surface area contributed by atoms with Crippen molar-refractivity contribution in [3.8, 4) is 23.5 Å². The number of benzene rings is 1. The maximum atomic E-state index is 9.48. The number of H-pyrrole nitrogens is 1. The van der Waals surface area contributed by atoms with Crippen LogP contribution in [0.4, 0.5) is 5.82 Å². The predicted octanol–water partition coefficient (Wildman–Crippen LogP) is 3.18. The van der Waals surface area contributed by atoms with Crippen LogP contribution < -0.4 is 5.73 Å². The van der Waals surface area contributed by atoms with Gasteiger partial charge in [-0.25, -0.2) is 15.0 Å². The van der Waals surface area contributed by atoms with E-state index >= 15 is 0 Å². The van der Waals surface area contributed by atoms with Crippen molar-refractivity contribution in [2.24, 2.45) is 0 Å². The van der Waals surface area contributed by atoms with Crippen molar-refractivity contribution in [3.05, 3.63) is 35.7 Å². The average Bonchev–Trinajstić information content (AvgIpc) is 3.36. The highest BCUT2D eigenvalue weighted by Gasteiger charge is 2.24. The van der Waals surface area contributed by atoms with Crippen molar-refractivity contribution >= 4 is 28.0 Å². The summed E-state index contributed by atoms with van der Waals surface area (Å²) in [6.45, 7) is 3.89. The summed E-state index contributed by atoms with van der Waals surface area (Å²) in [4.78, 5) is 19.4. The molecule has 3 N–H and O–H groups in total. The number of piperidine rings is 1. The number of nitrogen functional groups attached to an aromatic ring is 1. The van der Waals surface area contributed by atoms with E-state index in [0.717, 1.165) is 37.1 Å². The number of aromatic nitrogens is 5. The molecule has 1 saturated heterocycles. The second-order valence-corrected chi connectivity index (χ2v) is 8.09. The van der Waals surface area contributed by atoms with Gasteiger partial charge < -0.3 is 20.2 Å². The highest BCUT2D eigenvalue weighted by atomic mass is 15.2. The molecule has 0 atom stereocenters. The highest BCUT2D eigenvalue weighted by Crippen LogP contribution is 2.35. The lowest BCUT2D eigenvalue weighted by Gasteiger charge is -2.26. The molecule has 0 unspecified atom stereocenters. The Morgan fingerprint density at radius 1 is 0.969 bits per heavy atom. The Bertz CT molecular complexity index is 1340. The second kappa shape index (κ2) is 8.29. The number of hydrogen-bond donors (Lipinski definition) is 2. The summed E-state index contributed by atoms with van der Waals surface area (Å²) in [6, 6.07) is 11.7. The molecule has 160 valence electrons. The third-order valence-corrected chi connectivity index (χ3v) is 6.06. The molecule has 0 spiro atoms. The monoisotopic (exact) mass is 425 g/mol. The van der Waals surface area contributed by atoms with E-state index in [-0.39, 0.29) is 11.4 Å². The van der Waals surface area contributed by atoms with E-state index in [9.17, 15) is 10.5 Å². The van der Waals surface area contributed by atoms with Gasteiger partial charge in [-0.15, -0.1) is 0 Å². The number of hydrogen-bond acceptors (Lipinski definition) is 7. The van der Waals surface area contributed by atoms with Gasteiger partial charge in [0, 0.05) is 6.54 Å². The zero-order valence-electron chi connectivity index (χ0n) is 17.7. The average molecular weight is 426 g/mol. The van der Waals surface area contributed by atoms with Gasteiger partial charge in [0.15, 0.2) is 17.0 Å². The normalized spacial score (nSPS) is 14.6. The number of nitrogens with one attached hydrogen (secondary N) is 1. The Balaban J connectivity index is 1.60. The van der Waals surface area contributed by atoms with Crippen LogP contribution in [0.3, 0.4) is 0 Å². The minimum atomic E-state index is -0.0113. The third-order valence-electron chi connectivity index (χ3n) is 6.06. The summed E-state index contributed by atoms with van der Waals surface area (Å²) in [6.07, 6.45) is 4.70. The summed E-state index contributed by atoms with van der Waals surface area (Å²) >= 11 is 0. The fourth-order valence-electron chi connectivity index (χ4n) is 4.48. The SMILES string of the molecule is N#Cc1nc2c(-c3nc4ccccc4[nH]3)c(N)n(CCCN3CCCCC3)c2nc1C#N. The number of nitrogens with two attached hydrogens (primary N) is 1. The topological polar surface area (TPSA) is 136 Å². The van der Waals surface area contributed by atoms with Crippen LogP contribution in [-0.4, -0.2) is 49.0 Å². The molecule has 1 aliphatic rings. The molecule has 0 amide bonds. The molecule has 0 saturated carbocycles. The van der Waals surface area contributed by atoms with Crippen molar-refractivity contribution in [2.45, 2.75) is 32.2 Å². The number of imidazole rings is 1. The van der Waals surface area contributed by atoms with Gasteiger partial charge in [0.05, 0.1) is 16.6 Å². The van der Waals surface area contributed by atoms with Crippen LogP contribution in [0.25, 0.3) is 33.6 Å². The molecular weight excluding hydrogens is 402 g/mol. The summed E-state index contributed by atoms with van der Waals surface area (Å²) < 4.78 is 1.90. The first-order valence-electron chi connectivity index (χ1n) is 10.9. The fraction of sp³-hybridized carbons (Fsp3) is 0.348. The van der Waals surface area contributed by atoms with Gasteiger partial charge in [-0.1, -0.05) is 18.6 Å². The smallest absolute Gasteiger partial charge is 0.179 e. The molecule has 1 aliphatic heterocycles. The van der Waals surface area contributed by atoms with Crippen LogP contribution in [0.1, 0.15) is 37.1 Å². The Hall–Kier alpha value is -3.95. The van der Waals surface area contributed by atoms with E-state index in [1.54, 1.807) is 0 Å². The number of rotatable bonds is 5. The number of aromatic amines is 1. The van der Waals surface area contributed by atoms with Crippen molar-refractivity contribution in [1.29, 1.82) is 10.5 Å². The molecule has 0 radical (unpaired) electrons. The van der Waals surface area contributed by atoms with E-state index in [0.29, 0.717) is 34.9 Å². The number of fused-ring (bicyclic) bond motifs is 2. The first kappa shape index (κ1) is 20.0. The number of nitrogens with zero attached hydrogens (tertiary/aromatic N) is 7. The van der Waals surface area contributed by atoms with Crippen LogP contribution in [0.2, 0.25) is 0 Å². The van der Waals surface area contributed by atoms with Gasteiger partial charge in [0.2, 0.25) is 0 Å². The van der Waals surface area contributed by atoms with Gasteiger partial charge in [0.25, 0.3) is 0 Å². The molecular formula is C23H23N9. The highest BCUT2D eigenvalue weighted by molar-refractivity contribution is 5.98. The predicted molar refractivity (Wildman–Crippen MR) is 121 cm³/mol. The molecule has 32 heavy (non-hydrogen) atoms. The molecule has 1 fully saturated rings. The quantitative estimate of drug-likeness (QED) is 0.501. The van der Waals surface area contributed by atoms with E-state index in [1.165, 1.54) is 19.3 Å². The van der Waals surface area contributed by atoms with Crippen LogP contribution >= 0.6 is 0 Å². The standard InChI is InChI=1S/C23H23N9/c24-13-17-18(14-25)30-23-20(27-17)19(22-28-15-7-2-3-8-16(15)29-22)21(26)32(23)12-6-11-31-9-4-1-5-10-31/h2-3,7-8H,1,4-6,9-12,26H2,(H,28,29). The minimum absolute atomic E-state index is 0.00550. The van der Waals surface area contributed by atoms with Crippen molar-refractivity contribution in [3.63, 3.8) is 0 Å². The van der Waals surface area contributed by atoms with Crippen LogP contribution in [0.5, 0.6) is 0 Å². The van der Waals surface area contributed by atoms with Crippen molar-refractivity contribution in [2.75, 3.05) is 25.4 Å². The maximum Gasteiger partial charge on any atom is 0.179 e. The van der Waals surface area contributed by atoms with Gasteiger partial charge in [-0.3, -0.25) is 0 Å². The lowest BCUT2D eigenvalue weighted by Crippen LogP contribution is -2.31. The molecule has 3 aromatic heterocycles. The zero-order valence-corrected chi connectivity index (χ0v) is 17.7. The number of para-hydroxylation sites is 2. The van der Waals surface area contributed by atoms with Crippen molar-refractivity contribution < 1.29 is 0 Å². The Morgan fingerprint density at radius 3 is 2.47 bits per heavy atom.